The van der Waals surface area contributed by atoms with Crippen molar-refractivity contribution in [3.63, 3.8) is 0 Å². The summed E-state index contributed by atoms with van der Waals surface area (Å²) in [4.78, 5) is 25.9. The van der Waals surface area contributed by atoms with E-state index in [0.29, 0.717) is 48.8 Å². The summed E-state index contributed by atoms with van der Waals surface area (Å²) >= 11 is 0. The number of ether oxygens (including phenoxy) is 2. The number of carbonyl (C=O) groups excluding carboxylic acids is 2. The number of amides is 2. The molecule has 1 aromatic rings. The average Bonchev–Trinajstić information content (AvgIpc) is 2.99. The Morgan fingerprint density at radius 3 is 2.82 bits per heavy atom. The second-order valence-corrected chi connectivity index (χ2v) is 9.96. The quantitative estimate of drug-likeness (QED) is 0.243. The van der Waals surface area contributed by atoms with E-state index in [1.165, 1.54) is 5.57 Å². The molecule has 0 fully saturated rings. The van der Waals surface area contributed by atoms with E-state index < -0.39 is 6.04 Å². The van der Waals surface area contributed by atoms with Crippen molar-refractivity contribution in [2.45, 2.75) is 25.3 Å². The maximum Gasteiger partial charge on any atom is 0.251 e. The van der Waals surface area contributed by atoms with Crippen LogP contribution >= 0.6 is 0 Å². The number of carbonyl (C=O) groups is 2. The third-order valence-corrected chi connectivity index (χ3v) is 7.20. The first kappa shape index (κ1) is 28.5. The van der Waals surface area contributed by atoms with Gasteiger partial charge in [-0.15, -0.1) is 0 Å². The molecule has 0 saturated heterocycles. The molecular weight excluding hydrogens is 494 g/mol. The molecule has 208 valence electrons. The minimum Gasteiger partial charge on any atom is -0.496 e. The van der Waals surface area contributed by atoms with Crippen molar-refractivity contribution < 1.29 is 24.2 Å². The topological polar surface area (TPSA) is 109 Å². The van der Waals surface area contributed by atoms with Crippen molar-refractivity contribution in [3.8, 4) is 0 Å². The highest BCUT2D eigenvalue weighted by Gasteiger charge is 2.21. The molecule has 2 aliphatic carbocycles. The Balaban J connectivity index is 1.29. The zero-order valence-electron chi connectivity index (χ0n) is 22.5. The monoisotopic (exact) mass is 533 g/mol. The Bertz CT molecular complexity index is 1170. The molecule has 1 heterocycles. The molecule has 2 unspecified atom stereocenters. The molecule has 1 aromatic carbocycles. The highest BCUT2D eigenvalue weighted by atomic mass is 16.5. The first-order valence-electron chi connectivity index (χ1n) is 13.6. The van der Waals surface area contributed by atoms with Gasteiger partial charge in [-0.3, -0.25) is 9.59 Å². The maximum atomic E-state index is 13.0. The molecule has 1 aliphatic heterocycles. The van der Waals surface area contributed by atoms with Gasteiger partial charge in [-0.2, -0.15) is 0 Å². The number of allylic oxidation sites excluding steroid dienone is 5. The van der Waals surface area contributed by atoms with E-state index >= 15 is 0 Å². The molecule has 8 heteroatoms. The summed E-state index contributed by atoms with van der Waals surface area (Å²) in [6.45, 7) is 3.10. The van der Waals surface area contributed by atoms with Crippen molar-refractivity contribution in [2.75, 3.05) is 46.6 Å². The Morgan fingerprint density at radius 2 is 2.08 bits per heavy atom. The standard InChI is InChI=1S/C31H39N3O5/c1-38-16-17-39-28-7-2-4-22(18-28)20-33-30(36)27-6-3-5-26(19-27)29(21-35)34-31(37)25-10-8-23(9-11-25)24-12-14-32-15-13-24/h2-8,10-12,19,22-23,29,32,35H,9,13-18,20-21H2,1H3,(H,33,36)(H,34,37)/t22?,23?,29-/m1/s1. The molecule has 0 radical (unpaired) electrons. The predicted octanol–water partition coefficient (Wildman–Crippen LogP) is 3.11. The van der Waals surface area contributed by atoms with Crippen molar-refractivity contribution in [2.24, 2.45) is 11.8 Å². The van der Waals surface area contributed by atoms with Crippen LogP contribution in [0, 0.1) is 11.8 Å². The van der Waals surface area contributed by atoms with Crippen LogP contribution < -0.4 is 16.0 Å². The molecule has 3 aliphatic rings. The van der Waals surface area contributed by atoms with Crippen LogP contribution in [0.1, 0.15) is 41.2 Å². The van der Waals surface area contributed by atoms with E-state index in [0.717, 1.165) is 31.7 Å². The van der Waals surface area contributed by atoms with Gasteiger partial charge < -0.3 is 30.5 Å². The van der Waals surface area contributed by atoms with E-state index in [1.807, 2.05) is 24.3 Å². The summed E-state index contributed by atoms with van der Waals surface area (Å²) in [6.07, 6.45) is 16.6. The molecule has 0 spiro atoms. The number of hydrogen-bond acceptors (Lipinski definition) is 6. The fourth-order valence-electron chi connectivity index (χ4n) is 4.96. The van der Waals surface area contributed by atoms with E-state index in [9.17, 15) is 14.7 Å². The van der Waals surface area contributed by atoms with Gasteiger partial charge in [-0.25, -0.2) is 0 Å². The molecule has 4 rings (SSSR count). The molecular formula is C31H39N3O5. The van der Waals surface area contributed by atoms with Gasteiger partial charge >= 0.3 is 0 Å². The van der Waals surface area contributed by atoms with Gasteiger partial charge in [0.15, 0.2) is 0 Å². The van der Waals surface area contributed by atoms with Crippen LogP contribution in [0.25, 0.3) is 0 Å². The first-order valence-corrected chi connectivity index (χ1v) is 13.6. The number of hydrogen-bond donors (Lipinski definition) is 4. The van der Waals surface area contributed by atoms with Crippen molar-refractivity contribution >= 4 is 11.8 Å². The number of benzene rings is 1. The zero-order chi connectivity index (χ0) is 27.5. The molecule has 2 amide bonds. The lowest BCUT2D eigenvalue weighted by atomic mass is 9.87. The average molecular weight is 534 g/mol. The van der Waals surface area contributed by atoms with Crippen LogP contribution in [0.15, 0.2) is 83.7 Å². The third-order valence-electron chi connectivity index (χ3n) is 7.20. The highest BCUT2D eigenvalue weighted by Crippen LogP contribution is 2.27. The summed E-state index contributed by atoms with van der Waals surface area (Å²) in [5.74, 6) is 0.896. The van der Waals surface area contributed by atoms with Crippen molar-refractivity contribution in [3.05, 3.63) is 94.8 Å². The summed E-state index contributed by atoms with van der Waals surface area (Å²) in [5, 5.41) is 19.3. The number of aliphatic hydroxyl groups excluding tert-OH is 1. The Labute approximate surface area is 230 Å². The highest BCUT2D eigenvalue weighted by molar-refractivity contribution is 5.97. The van der Waals surface area contributed by atoms with E-state index in [1.54, 1.807) is 31.4 Å². The lowest BCUT2D eigenvalue weighted by Gasteiger charge is -2.23. The molecule has 3 atom stereocenters. The normalized spacial score (nSPS) is 21.3. The second kappa shape index (κ2) is 14.6. The largest absolute Gasteiger partial charge is 0.496 e. The summed E-state index contributed by atoms with van der Waals surface area (Å²) in [5.41, 5.74) is 3.15. The number of nitrogens with one attached hydrogen (secondary N) is 3. The first-order chi connectivity index (χ1) is 19.1. The molecule has 4 N–H and O–H groups in total. The van der Waals surface area contributed by atoms with Gasteiger partial charge in [-0.1, -0.05) is 54.2 Å². The minimum atomic E-state index is -0.623. The van der Waals surface area contributed by atoms with Gasteiger partial charge in [0.2, 0.25) is 0 Å². The van der Waals surface area contributed by atoms with E-state index in [4.69, 9.17) is 9.47 Å². The number of aliphatic hydroxyl groups is 1. The molecule has 0 aromatic heterocycles. The van der Waals surface area contributed by atoms with Gasteiger partial charge in [0.25, 0.3) is 11.8 Å². The van der Waals surface area contributed by atoms with Gasteiger partial charge in [0.1, 0.15) is 6.61 Å². The number of rotatable bonds is 12. The van der Waals surface area contributed by atoms with Crippen molar-refractivity contribution in [1.29, 1.82) is 0 Å². The second-order valence-electron chi connectivity index (χ2n) is 9.96. The molecule has 0 saturated carbocycles. The molecule has 39 heavy (non-hydrogen) atoms. The molecule has 8 nitrogen and oxygen atoms in total. The smallest absolute Gasteiger partial charge is 0.251 e. The zero-order valence-corrected chi connectivity index (χ0v) is 22.5. The Kier molecular flexibility index (Phi) is 10.7. The lowest BCUT2D eigenvalue weighted by Crippen LogP contribution is -2.33. The molecule has 0 bridgehead atoms. The maximum absolute atomic E-state index is 13.0. The Hall–Kier alpha value is -3.46. The predicted molar refractivity (Wildman–Crippen MR) is 151 cm³/mol. The summed E-state index contributed by atoms with van der Waals surface area (Å²) < 4.78 is 10.7. The van der Waals surface area contributed by atoms with Crippen LogP contribution in [0.4, 0.5) is 0 Å². The third kappa shape index (κ3) is 8.26. The Morgan fingerprint density at radius 1 is 1.18 bits per heavy atom. The van der Waals surface area contributed by atoms with Crippen LogP contribution in [-0.2, 0) is 14.3 Å². The van der Waals surface area contributed by atoms with Gasteiger partial charge in [-0.05, 0) is 43.2 Å². The van der Waals surface area contributed by atoms with Crippen molar-refractivity contribution in [1.82, 2.24) is 16.0 Å². The van der Waals surface area contributed by atoms with Crippen LogP contribution in [0.3, 0.4) is 0 Å². The van der Waals surface area contributed by atoms with Crippen LogP contribution in [0.2, 0.25) is 0 Å². The van der Waals surface area contributed by atoms with Gasteiger partial charge in [0, 0.05) is 49.6 Å². The van der Waals surface area contributed by atoms with Gasteiger partial charge in [0.05, 0.1) is 25.0 Å². The minimum absolute atomic E-state index is 0.131. The SMILES string of the molecule is COCCOC1=CC=CC(CNC(=O)c2cccc([C@@H](CO)NC(=O)C3=CCC(C4=CCNCC4)C=C3)c2)C1. The fourth-order valence-corrected chi connectivity index (χ4v) is 4.96. The lowest BCUT2D eigenvalue weighted by molar-refractivity contribution is -0.118. The van der Waals surface area contributed by atoms with Crippen LogP contribution in [-0.4, -0.2) is 63.5 Å². The van der Waals surface area contributed by atoms with E-state index in [2.05, 4.69) is 34.2 Å². The fraction of sp³-hybridized carbons (Fsp3) is 0.419. The summed E-state index contributed by atoms with van der Waals surface area (Å²) in [6, 6.07) is 6.40. The summed E-state index contributed by atoms with van der Waals surface area (Å²) in [7, 11) is 1.64. The van der Waals surface area contributed by atoms with Crippen LogP contribution in [0.5, 0.6) is 0 Å². The number of methoxy groups -OCH3 is 1. The van der Waals surface area contributed by atoms with E-state index in [-0.39, 0.29) is 24.3 Å².